The molecule has 2 nitrogen and oxygen atoms in total. The summed E-state index contributed by atoms with van der Waals surface area (Å²) in [5.41, 5.74) is 0.908. The highest BCUT2D eigenvalue weighted by atomic mass is 16.5. The number of hydrogen-bond acceptors (Lipinski definition) is 2. The van der Waals surface area contributed by atoms with E-state index in [1.54, 1.807) is 0 Å². The van der Waals surface area contributed by atoms with E-state index < -0.39 is 0 Å². The Morgan fingerprint density at radius 1 is 1.06 bits per heavy atom. The molecule has 3 atom stereocenters. The average Bonchev–Trinajstić information content (AvgIpc) is 2.69. The van der Waals surface area contributed by atoms with E-state index >= 15 is 0 Å². The van der Waals surface area contributed by atoms with Crippen molar-refractivity contribution < 1.29 is 9.84 Å². The lowest BCUT2D eigenvalue weighted by Gasteiger charge is -2.28. The Hall–Kier alpha value is -1.02. The second kappa shape index (κ2) is 4.69. The van der Waals surface area contributed by atoms with Crippen molar-refractivity contribution in [3.8, 4) is 5.75 Å². The third kappa shape index (κ3) is 2.32. The molecule has 0 amide bonds. The molecule has 2 saturated carbocycles. The number of ether oxygens (including phenoxy) is 1. The topological polar surface area (TPSA) is 29.5 Å². The predicted octanol–water partition coefficient (Wildman–Crippen LogP) is 3.14. The van der Waals surface area contributed by atoms with Gasteiger partial charge >= 0.3 is 0 Å². The van der Waals surface area contributed by atoms with Gasteiger partial charge in [-0.05, 0) is 37.2 Å². The van der Waals surface area contributed by atoms with Crippen LogP contribution in [0.5, 0.6) is 5.75 Å². The SMILES string of the molecule is OCc1ccccc1O[C@@H]1C[C@@H]2CC[C@@H](C2)C1. The van der Waals surface area contributed by atoms with Gasteiger partial charge in [-0.3, -0.25) is 0 Å². The van der Waals surface area contributed by atoms with Crippen molar-refractivity contribution in [3.63, 3.8) is 0 Å². The molecule has 2 heteroatoms. The third-order valence-corrected chi connectivity index (χ3v) is 4.28. The lowest BCUT2D eigenvalue weighted by atomic mass is 9.87. The molecule has 0 aromatic heterocycles. The predicted molar refractivity (Wildman–Crippen MR) is 66.8 cm³/mol. The Labute approximate surface area is 103 Å². The van der Waals surface area contributed by atoms with Gasteiger partial charge in [0.2, 0.25) is 0 Å². The van der Waals surface area contributed by atoms with Crippen LogP contribution in [0.25, 0.3) is 0 Å². The molecular formula is C15H20O2. The third-order valence-electron chi connectivity index (χ3n) is 4.28. The molecule has 0 saturated heterocycles. The molecule has 92 valence electrons. The summed E-state index contributed by atoms with van der Waals surface area (Å²) < 4.78 is 6.10. The highest BCUT2D eigenvalue weighted by Gasteiger charge is 2.35. The molecule has 0 spiro atoms. The molecule has 1 aromatic carbocycles. The van der Waals surface area contributed by atoms with E-state index in [2.05, 4.69) is 0 Å². The Balaban J connectivity index is 1.70. The van der Waals surface area contributed by atoms with E-state index in [-0.39, 0.29) is 6.61 Å². The van der Waals surface area contributed by atoms with E-state index in [9.17, 15) is 5.11 Å². The molecule has 2 aliphatic carbocycles. The molecule has 17 heavy (non-hydrogen) atoms. The van der Waals surface area contributed by atoms with Gasteiger partial charge in [0, 0.05) is 5.56 Å². The summed E-state index contributed by atoms with van der Waals surface area (Å²) in [6.07, 6.45) is 6.99. The van der Waals surface area contributed by atoms with Gasteiger partial charge in [-0.2, -0.15) is 0 Å². The van der Waals surface area contributed by atoms with Crippen molar-refractivity contribution in [2.75, 3.05) is 0 Å². The number of benzene rings is 1. The summed E-state index contributed by atoms with van der Waals surface area (Å²) >= 11 is 0. The number of para-hydroxylation sites is 1. The van der Waals surface area contributed by atoms with Crippen LogP contribution in [0.4, 0.5) is 0 Å². The van der Waals surface area contributed by atoms with Gasteiger partial charge in [-0.1, -0.05) is 31.0 Å². The zero-order chi connectivity index (χ0) is 11.7. The van der Waals surface area contributed by atoms with Crippen LogP contribution >= 0.6 is 0 Å². The van der Waals surface area contributed by atoms with Crippen LogP contribution in [-0.2, 0) is 6.61 Å². The first-order valence-electron chi connectivity index (χ1n) is 6.70. The molecule has 0 unspecified atom stereocenters. The van der Waals surface area contributed by atoms with Gasteiger partial charge in [0.1, 0.15) is 5.75 Å². The summed E-state index contributed by atoms with van der Waals surface area (Å²) in [6.45, 7) is 0.0652. The molecule has 1 N–H and O–H groups in total. The highest BCUT2D eigenvalue weighted by molar-refractivity contribution is 5.32. The Morgan fingerprint density at radius 2 is 1.76 bits per heavy atom. The maximum Gasteiger partial charge on any atom is 0.125 e. The second-order valence-electron chi connectivity index (χ2n) is 5.52. The zero-order valence-corrected chi connectivity index (χ0v) is 10.1. The smallest absolute Gasteiger partial charge is 0.125 e. The molecule has 0 heterocycles. The largest absolute Gasteiger partial charge is 0.490 e. The van der Waals surface area contributed by atoms with Crippen molar-refractivity contribution in [1.29, 1.82) is 0 Å². The first-order chi connectivity index (χ1) is 8.35. The average molecular weight is 232 g/mol. The Bertz CT molecular complexity index is 376. The van der Waals surface area contributed by atoms with Crippen LogP contribution in [0.3, 0.4) is 0 Å². The minimum absolute atomic E-state index is 0.0652. The minimum atomic E-state index is 0.0652. The molecule has 2 aliphatic rings. The van der Waals surface area contributed by atoms with Crippen LogP contribution in [0.15, 0.2) is 24.3 Å². The summed E-state index contributed by atoms with van der Waals surface area (Å²) in [4.78, 5) is 0. The number of rotatable bonds is 3. The van der Waals surface area contributed by atoms with Gasteiger partial charge in [0.05, 0.1) is 12.7 Å². The maximum absolute atomic E-state index is 9.28. The van der Waals surface area contributed by atoms with Crippen LogP contribution in [0.1, 0.15) is 37.7 Å². The monoisotopic (exact) mass is 232 g/mol. The van der Waals surface area contributed by atoms with Crippen LogP contribution in [0.2, 0.25) is 0 Å². The molecule has 0 aliphatic heterocycles. The van der Waals surface area contributed by atoms with Gasteiger partial charge in [0.25, 0.3) is 0 Å². The Kier molecular flexibility index (Phi) is 3.06. The fourth-order valence-electron chi connectivity index (χ4n) is 3.47. The fraction of sp³-hybridized carbons (Fsp3) is 0.600. The van der Waals surface area contributed by atoms with Gasteiger partial charge in [0.15, 0.2) is 0 Å². The molecule has 2 bridgehead atoms. The number of aliphatic hydroxyl groups is 1. The van der Waals surface area contributed by atoms with Crippen molar-refractivity contribution in [1.82, 2.24) is 0 Å². The highest BCUT2D eigenvalue weighted by Crippen LogP contribution is 2.43. The van der Waals surface area contributed by atoms with Crippen molar-refractivity contribution in [3.05, 3.63) is 29.8 Å². The lowest BCUT2D eigenvalue weighted by Crippen LogP contribution is -2.26. The van der Waals surface area contributed by atoms with E-state index in [4.69, 9.17) is 4.74 Å². The van der Waals surface area contributed by atoms with E-state index in [1.807, 2.05) is 24.3 Å². The molecule has 1 aromatic rings. The fourth-order valence-corrected chi connectivity index (χ4v) is 3.47. The van der Waals surface area contributed by atoms with Gasteiger partial charge < -0.3 is 9.84 Å². The summed E-state index contributed by atoms with van der Waals surface area (Å²) in [7, 11) is 0. The zero-order valence-electron chi connectivity index (χ0n) is 10.1. The number of hydrogen-bond donors (Lipinski definition) is 1. The standard InChI is InChI=1S/C15H20O2/c16-10-13-3-1-2-4-15(13)17-14-8-11-5-6-12(7-11)9-14/h1-4,11-12,14,16H,5-10H2/t11-,12+,14-. The number of aliphatic hydroxyl groups excluding tert-OH is 1. The summed E-state index contributed by atoms with van der Waals surface area (Å²) in [5, 5.41) is 9.28. The summed E-state index contributed by atoms with van der Waals surface area (Å²) in [5.74, 6) is 2.65. The van der Waals surface area contributed by atoms with Gasteiger partial charge in [-0.15, -0.1) is 0 Å². The maximum atomic E-state index is 9.28. The normalized spacial score (nSPS) is 31.5. The van der Waals surface area contributed by atoms with Crippen molar-refractivity contribution in [2.45, 2.75) is 44.8 Å². The van der Waals surface area contributed by atoms with Crippen LogP contribution < -0.4 is 4.74 Å². The van der Waals surface area contributed by atoms with E-state index in [1.165, 1.54) is 32.1 Å². The van der Waals surface area contributed by atoms with E-state index in [0.717, 1.165) is 23.1 Å². The molecule has 0 radical (unpaired) electrons. The summed E-state index contributed by atoms with van der Waals surface area (Å²) in [6, 6.07) is 7.84. The van der Waals surface area contributed by atoms with Crippen LogP contribution in [-0.4, -0.2) is 11.2 Å². The number of fused-ring (bicyclic) bond motifs is 2. The quantitative estimate of drug-likeness (QED) is 0.867. The molecule has 2 fully saturated rings. The lowest BCUT2D eigenvalue weighted by molar-refractivity contribution is 0.115. The van der Waals surface area contributed by atoms with E-state index in [0.29, 0.717) is 6.10 Å². The van der Waals surface area contributed by atoms with Gasteiger partial charge in [-0.25, -0.2) is 0 Å². The van der Waals surface area contributed by atoms with Crippen LogP contribution in [0, 0.1) is 11.8 Å². The van der Waals surface area contributed by atoms with Crippen molar-refractivity contribution in [2.24, 2.45) is 11.8 Å². The van der Waals surface area contributed by atoms with Crippen molar-refractivity contribution >= 4 is 0 Å². The first-order valence-corrected chi connectivity index (χ1v) is 6.70. The molecular weight excluding hydrogens is 212 g/mol. The Morgan fingerprint density at radius 3 is 2.47 bits per heavy atom. The molecule has 3 rings (SSSR count). The first kappa shape index (κ1) is 11.1. The minimum Gasteiger partial charge on any atom is -0.490 e. The second-order valence-corrected chi connectivity index (χ2v) is 5.52.